The Bertz CT molecular complexity index is 943. The van der Waals surface area contributed by atoms with Gasteiger partial charge in [0.05, 0.1) is 18.8 Å². The fourth-order valence-corrected chi connectivity index (χ4v) is 4.34. The highest BCUT2D eigenvalue weighted by molar-refractivity contribution is 5.75. The van der Waals surface area contributed by atoms with Gasteiger partial charge in [0, 0.05) is 5.56 Å². The van der Waals surface area contributed by atoms with Crippen LogP contribution in [-0.2, 0) is 4.74 Å². The second-order valence-corrected chi connectivity index (χ2v) is 8.19. The van der Waals surface area contributed by atoms with Gasteiger partial charge in [-0.15, -0.1) is 13.2 Å². The van der Waals surface area contributed by atoms with Crippen molar-refractivity contribution in [3.05, 3.63) is 65.7 Å². The first-order chi connectivity index (χ1) is 14.8. The normalized spacial score (nSPS) is 23.8. The molecule has 1 N–H and O–H groups in total. The SMILES string of the molecule is CC(C)Oc1ccc(OC(F)(F)F)cc1C1=C[C@@]2(CCCN[C@H]2c2ccccc2)OC1. The Hall–Kier alpha value is -2.51. The van der Waals surface area contributed by atoms with E-state index in [1.165, 1.54) is 18.2 Å². The van der Waals surface area contributed by atoms with Crippen LogP contribution in [0, 0.1) is 0 Å². The molecule has 2 aliphatic rings. The molecule has 2 aliphatic heterocycles. The lowest BCUT2D eigenvalue weighted by atomic mass is 9.81. The molecule has 7 heteroatoms. The van der Waals surface area contributed by atoms with Gasteiger partial charge in [0.1, 0.15) is 17.1 Å². The van der Waals surface area contributed by atoms with Crippen molar-refractivity contribution in [2.24, 2.45) is 0 Å². The standard InChI is InChI=1S/C24H26F3NO3/c1-16(2)30-21-10-9-19(31-24(25,26)27)13-20(21)18-14-23(29-15-18)11-6-12-28-22(23)17-7-4-3-5-8-17/h3-5,7-10,13-14,16,22,28H,6,11-12,15H2,1-2H3/t22-,23+/m0/s1. The zero-order valence-electron chi connectivity index (χ0n) is 17.5. The molecule has 4 rings (SSSR count). The maximum atomic E-state index is 12.8. The average molecular weight is 433 g/mol. The Morgan fingerprint density at radius 1 is 1.13 bits per heavy atom. The topological polar surface area (TPSA) is 39.7 Å². The van der Waals surface area contributed by atoms with Crippen LogP contribution in [0.25, 0.3) is 5.57 Å². The molecule has 1 saturated heterocycles. The first kappa shape index (κ1) is 21.7. The third-order valence-electron chi connectivity index (χ3n) is 5.52. The second kappa shape index (κ2) is 8.55. The van der Waals surface area contributed by atoms with Crippen LogP contribution in [0.5, 0.6) is 11.5 Å². The predicted octanol–water partition coefficient (Wildman–Crippen LogP) is 5.65. The third-order valence-corrected chi connectivity index (χ3v) is 5.52. The number of benzene rings is 2. The molecule has 2 aromatic carbocycles. The van der Waals surface area contributed by atoms with Gasteiger partial charge < -0.3 is 19.5 Å². The molecule has 1 fully saturated rings. The fraction of sp³-hybridized carbons (Fsp3) is 0.417. The maximum Gasteiger partial charge on any atom is 0.573 e. The first-order valence-electron chi connectivity index (χ1n) is 10.5. The van der Waals surface area contributed by atoms with E-state index in [-0.39, 0.29) is 24.5 Å². The molecule has 31 heavy (non-hydrogen) atoms. The molecule has 0 bridgehead atoms. The molecule has 0 aromatic heterocycles. The summed E-state index contributed by atoms with van der Waals surface area (Å²) in [4.78, 5) is 0. The third kappa shape index (κ3) is 4.88. The van der Waals surface area contributed by atoms with Crippen molar-refractivity contribution in [3.8, 4) is 11.5 Å². The molecule has 2 aromatic rings. The molecule has 0 radical (unpaired) electrons. The summed E-state index contributed by atoms with van der Waals surface area (Å²) in [6, 6.07) is 14.2. The molecule has 2 atom stereocenters. The van der Waals surface area contributed by atoms with Crippen molar-refractivity contribution in [2.75, 3.05) is 13.2 Å². The second-order valence-electron chi connectivity index (χ2n) is 8.19. The van der Waals surface area contributed by atoms with Gasteiger partial charge in [-0.25, -0.2) is 0 Å². The van der Waals surface area contributed by atoms with Gasteiger partial charge in [0.15, 0.2) is 0 Å². The van der Waals surface area contributed by atoms with Crippen molar-refractivity contribution in [3.63, 3.8) is 0 Å². The number of nitrogens with one attached hydrogen (secondary N) is 1. The Morgan fingerprint density at radius 2 is 1.90 bits per heavy atom. The number of ether oxygens (including phenoxy) is 3. The van der Waals surface area contributed by atoms with Gasteiger partial charge in [-0.05, 0) is 68.6 Å². The van der Waals surface area contributed by atoms with Crippen LogP contribution >= 0.6 is 0 Å². The summed E-state index contributed by atoms with van der Waals surface area (Å²) < 4.78 is 54.7. The van der Waals surface area contributed by atoms with Gasteiger partial charge in [0.25, 0.3) is 0 Å². The van der Waals surface area contributed by atoms with Crippen LogP contribution in [0.4, 0.5) is 13.2 Å². The first-order valence-corrected chi connectivity index (χ1v) is 10.5. The van der Waals surface area contributed by atoms with Crippen molar-refractivity contribution in [1.82, 2.24) is 5.32 Å². The van der Waals surface area contributed by atoms with Gasteiger partial charge in [-0.2, -0.15) is 0 Å². The van der Waals surface area contributed by atoms with Gasteiger partial charge >= 0.3 is 6.36 Å². The highest BCUT2D eigenvalue weighted by atomic mass is 19.4. The van der Waals surface area contributed by atoms with E-state index in [4.69, 9.17) is 9.47 Å². The summed E-state index contributed by atoms with van der Waals surface area (Å²) in [7, 11) is 0. The molecule has 4 nitrogen and oxygen atoms in total. The van der Waals surface area contributed by atoms with Crippen LogP contribution in [0.2, 0.25) is 0 Å². The molecule has 0 amide bonds. The number of alkyl halides is 3. The summed E-state index contributed by atoms with van der Waals surface area (Å²) in [5.74, 6) is 0.235. The lowest BCUT2D eigenvalue weighted by molar-refractivity contribution is -0.274. The lowest BCUT2D eigenvalue weighted by Gasteiger charge is -2.40. The Labute approximate surface area is 180 Å². The number of hydrogen-bond donors (Lipinski definition) is 1. The number of piperidine rings is 1. The zero-order chi connectivity index (χ0) is 22.1. The van der Waals surface area contributed by atoms with Crippen LogP contribution in [0.3, 0.4) is 0 Å². The molecular weight excluding hydrogens is 407 g/mol. The van der Waals surface area contributed by atoms with E-state index in [1.807, 2.05) is 32.0 Å². The minimum Gasteiger partial charge on any atom is -0.490 e. The fourth-order valence-electron chi connectivity index (χ4n) is 4.34. The Kier molecular flexibility index (Phi) is 5.99. The lowest BCUT2D eigenvalue weighted by Crippen LogP contribution is -2.47. The summed E-state index contributed by atoms with van der Waals surface area (Å²) in [5, 5.41) is 3.56. The highest BCUT2D eigenvalue weighted by Gasteiger charge is 2.44. The number of halogens is 3. The van der Waals surface area contributed by atoms with Gasteiger partial charge in [0.2, 0.25) is 0 Å². The summed E-state index contributed by atoms with van der Waals surface area (Å²) in [6.07, 6.45) is -1.07. The summed E-state index contributed by atoms with van der Waals surface area (Å²) in [5.41, 5.74) is 1.91. The van der Waals surface area contributed by atoms with E-state index in [0.29, 0.717) is 11.3 Å². The van der Waals surface area contributed by atoms with Crippen LogP contribution < -0.4 is 14.8 Å². The van der Waals surface area contributed by atoms with Crippen LogP contribution in [0.15, 0.2) is 54.6 Å². The molecule has 0 unspecified atom stereocenters. The predicted molar refractivity (Wildman–Crippen MR) is 112 cm³/mol. The van der Waals surface area contributed by atoms with E-state index in [2.05, 4.69) is 28.3 Å². The molecule has 0 saturated carbocycles. The van der Waals surface area contributed by atoms with Crippen LogP contribution in [0.1, 0.15) is 43.9 Å². The Morgan fingerprint density at radius 3 is 2.61 bits per heavy atom. The van der Waals surface area contributed by atoms with E-state index >= 15 is 0 Å². The largest absolute Gasteiger partial charge is 0.573 e. The van der Waals surface area contributed by atoms with E-state index in [1.54, 1.807) is 0 Å². The quantitative estimate of drug-likeness (QED) is 0.662. The minimum absolute atomic E-state index is 0.0379. The van der Waals surface area contributed by atoms with Crippen molar-refractivity contribution >= 4 is 5.57 Å². The highest BCUT2D eigenvalue weighted by Crippen LogP contribution is 2.45. The molecule has 2 heterocycles. The van der Waals surface area contributed by atoms with E-state index in [9.17, 15) is 13.2 Å². The monoisotopic (exact) mass is 433 g/mol. The van der Waals surface area contributed by atoms with Crippen molar-refractivity contribution in [2.45, 2.75) is 50.8 Å². The molecular formula is C24H26F3NO3. The molecule has 166 valence electrons. The molecule has 1 spiro atoms. The number of hydrogen-bond acceptors (Lipinski definition) is 4. The van der Waals surface area contributed by atoms with Crippen molar-refractivity contribution < 1.29 is 27.4 Å². The van der Waals surface area contributed by atoms with Gasteiger partial charge in [-0.1, -0.05) is 30.3 Å². The minimum atomic E-state index is -4.76. The van der Waals surface area contributed by atoms with Gasteiger partial charge in [-0.3, -0.25) is 0 Å². The van der Waals surface area contributed by atoms with Crippen LogP contribution in [-0.4, -0.2) is 31.2 Å². The summed E-state index contributed by atoms with van der Waals surface area (Å²) in [6.45, 7) is 4.92. The smallest absolute Gasteiger partial charge is 0.490 e. The average Bonchev–Trinajstić information content (AvgIpc) is 3.12. The maximum absolute atomic E-state index is 12.8. The Balaban J connectivity index is 1.73. The summed E-state index contributed by atoms with van der Waals surface area (Å²) >= 11 is 0. The van der Waals surface area contributed by atoms with E-state index < -0.39 is 12.0 Å². The number of rotatable bonds is 5. The van der Waals surface area contributed by atoms with Crippen molar-refractivity contribution in [1.29, 1.82) is 0 Å². The van der Waals surface area contributed by atoms with E-state index in [0.717, 1.165) is 30.5 Å². The molecule has 0 aliphatic carbocycles. The zero-order valence-corrected chi connectivity index (χ0v) is 17.5.